The summed E-state index contributed by atoms with van der Waals surface area (Å²) in [4.78, 5) is 4.25. The van der Waals surface area contributed by atoms with Gasteiger partial charge >= 0.3 is 0 Å². The minimum Gasteiger partial charge on any atom is -0.310 e. The van der Waals surface area contributed by atoms with Gasteiger partial charge in [-0.1, -0.05) is 42.5 Å². The van der Waals surface area contributed by atoms with Gasteiger partial charge in [-0.05, 0) is 30.2 Å². The summed E-state index contributed by atoms with van der Waals surface area (Å²) in [6, 6.07) is 18.2. The summed E-state index contributed by atoms with van der Waals surface area (Å²) in [6.07, 6.45) is 3.66. The van der Waals surface area contributed by atoms with Gasteiger partial charge in [-0.15, -0.1) is 10.2 Å². The van der Waals surface area contributed by atoms with E-state index < -0.39 is 0 Å². The second-order valence-corrected chi connectivity index (χ2v) is 4.88. The van der Waals surface area contributed by atoms with Crippen LogP contribution >= 0.6 is 0 Å². The van der Waals surface area contributed by atoms with Gasteiger partial charge in [0.2, 0.25) is 5.95 Å². The van der Waals surface area contributed by atoms with Crippen LogP contribution in [-0.4, -0.2) is 9.55 Å². The first-order chi connectivity index (χ1) is 10.3. The Morgan fingerprint density at radius 1 is 1.00 bits per heavy atom. The molecule has 0 fully saturated rings. The van der Waals surface area contributed by atoms with Crippen LogP contribution in [0.25, 0.3) is 0 Å². The molecule has 4 nitrogen and oxygen atoms in total. The molecule has 21 heavy (non-hydrogen) atoms. The molecule has 0 unspecified atom stereocenters. The minimum atomic E-state index is 0.611. The average molecular weight is 276 g/mol. The van der Waals surface area contributed by atoms with Crippen LogP contribution in [-0.2, 0) is 6.54 Å². The molecular weight excluding hydrogens is 260 g/mol. The topological polar surface area (TPSA) is 42.5 Å². The molecule has 104 valence electrons. The van der Waals surface area contributed by atoms with Crippen molar-refractivity contribution in [2.45, 2.75) is 13.5 Å². The molecule has 0 aliphatic carbocycles. The van der Waals surface area contributed by atoms with E-state index in [2.05, 4.69) is 27.3 Å². The molecule has 3 rings (SSSR count). The van der Waals surface area contributed by atoms with Crippen molar-refractivity contribution in [3.63, 3.8) is 0 Å². The third kappa shape index (κ3) is 3.42. The number of imidazole rings is 1. The van der Waals surface area contributed by atoms with Crippen LogP contribution in [0.3, 0.4) is 0 Å². The maximum atomic E-state index is 4.25. The fraction of sp³-hybridized carbons (Fsp3) is 0.118. The first kappa shape index (κ1) is 13.2. The van der Waals surface area contributed by atoms with Crippen molar-refractivity contribution in [2.24, 2.45) is 10.2 Å². The molecule has 0 spiro atoms. The van der Waals surface area contributed by atoms with Gasteiger partial charge in [-0.2, -0.15) is 0 Å². The van der Waals surface area contributed by atoms with Crippen molar-refractivity contribution in [2.75, 3.05) is 0 Å². The molecule has 0 N–H and O–H groups in total. The molecule has 2 aromatic carbocycles. The fourth-order valence-corrected chi connectivity index (χ4v) is 2.10. The molecule has 3 aromatic rings. The second kappa shape index (κ2) is 6.13. The molecule has 0 bridgehead atoms. The van der Waals surface area contributed by atoms with Gasteiger partial charge in [0, 0.05) is 12.4 Å². The van der Waals surface area contributed by atoms with E-state index in [1.165, 1.54) is 11.1 Å². The molecular formula is C17H16N4. The Balaban J connectivity index is 1.79. The quantitative estimate of drug-likeness (QED) is 0.639. The fourth-order valence-electron chi connectivity index (χ4n) is 2.10. The number of nitrogens with zero attached hydrogens (tertiary/aromatic N) is 4. The summed E-state index contributed by atoms with van der Waals surface area (Å²) < 4.78 is 1.98. The van der Waals surface area contributed by atoms with Gasteiger partial charge in [-0.3, -0.25) is 0 Å². The van der Waals surface area contributed by atoms with Crippen LogP contribution < -0.4 is 0 Å². The van der Waals surface area contributed by atoms with Crippen LogP contribution in [0, 0.1) is 6.92 Å². The Kier molecular flexibility index (Phi) is 3.87. The zero-order chi connectivity index (χ0) is 14.5. The Morgan fingerprint density at radius 2 is 1.86 bits per heavy atom. The first-order valence-corrected chi connectivity index (χ1v) is 6.85. The van der Waals surface area contributed by atoms with Gasteiger partial charge in [0.05, 0.1) is 12.2 Å². The van der Waals surface area contributed by atoms with E-state index in [1.807, 2.05) is 60.2 Å². The van der Waals surface area contributed by atoms with Crippen LogP contribution in [0.1, 0.15) is 11.1 Å². The van der Waals surface area contributed by atoms with Crippen LogP contribution in [0.15, 0.2) is 77.2 Å². The molecule has 1 aromatic heterocycles. The number of hydrogen-bond donors (Lipinski definition) is 0. The monoisotopic (exact) mass is 276 g/mol. The molecule has 0 radical (unpaired) electrons. The Bertz CT molecular complexity index is 744. The molecule has 0 saturated heterocycles. The van der Waals surface area contributed by atoms with Crippen molar-refractivity contribution in [1.29, 1.82) is 0 Å². The number of hydrogen-bond acceptors (Lipinski definition) is 3. The van der Waals surface area contributed by atoms with Crippen LogP contribution in [0.2, 0.25) is 0 Å². The van der Waals surface area contributed by atoms with Gasteiger partial charge in [-0.25, -0.2) is 4.98 Å². The van der Waals surface area contributed by atoms with Gasteiger partial charge < -0.3 is 4.57 Å². The van der Waals surface area contributed by atoms with E-state index in [0.717, 1.165) is 12.2 Å². The van der Waals surface area contributed by atoms with E-state index >= 15 is 0 Å². The zero-order valence-electron chi connectivity index (χ0n) is 11.8. The largest absolute Gasteiger partial charge is 0.310 e. The highest BCUT2D eigenvalue weighted by Gasteiger charge is 2.02. The Hall–Kier alpha value is -2.75. The zero-order valence-corrected chi connectivity index (χ0v) is 11.8. The lowest BCUT2D eigenvalue weighted by Crippen LogP contribution is -1.96. The molecule has 0 saturated carbocycles. The minimum absolute atomic E-state index is 0.611. The lowest BCUT2D eigenvalue weighted by molar-refractivity contribution is 0.791. The van der Waals surface area contributed by atoms with Crippen molar-refractivity contribution in [3.8, 4) is 0 Å². The van der Waals surface area contributed by atoms with E-state index in [-0.39, 0.29) is 0 Å². The summed E-state index contributed by atoms with van der Waals surface area (Å²) >= 11 is 0. The molecule has 1 heterocycles. The van der Waals surface area contributed by atoms with Gasteiger partial charge in [0.15, 0.2) is 0 Å². The van der Waals surface area contributed by atoms with Gasteiger partial charge in [0.1, 0.15) is 0 Å². The predicted molar refractivity (Wildman–Crippen MR) is 83.1 cm³/mol. The normalized spacial score (nSPS) is 11.1. The van der Waals surface area contributed by atoms with Crippen LogP contribution in [0.5, 0.6) is 0 Å². The number of aryl methyl sites for hydroxylation is 1. The van der Waals surface area contributed by atoms with Crippen molar-refractivity contribution in [3.05, 3.63) is 78.1 Å². The summed E-state index contributed by atoms with van der Waals surface area (Å²) in [7, 11) is 0. The smallest absolute Gasteiger partial charge is 0.249 e. The number of azo groups is 1. The Morgan fingerprint density at radius 3 is 2.67 bits per heavy atom. The Labute approximate surface area is 123 Å². The summed E-state index contributed by atoms with van der Waals surface area (Å²) in [6.45, 7) is 2.78. The molecule has 0 aliphatic heterocycles. The van der Waals surface area contributed by atoms with E-state index in [9.17, 15) is 0 Å². The SMILES string of the molecule is Cc1cccc(N=Nc2nccn2Cc2ccccc2)c1. The van der Waals surface area contributed by atoms with Crippen molar-refractivity contribution < 1.29 is 0 Å². The number of aromatic nitrogens is 2. The first-order valence-electron chi connectivity index (χ1n) is 6.85. The van der Waals surface area contributed by atoms with Crippen molar-refractivity contribution in [1.82, 2.24) is 9.55 Å². The van der Waals surface area contributed by atoms with E-state index in [4.69, 9.17) is 0 Å². The second-order valence-electron chi connectivity index (χ2n) is 4.88. The van der Waals surface area contributed by atoms with Crippen LogP contribution in [0.4, 0.5) is 11.6 Å². The summed E-state index contributed by atoms with van der Waals surface area (Å²) in [5.41, 5.74) is 3.21. The summed E-state index contributed by atoms with van der Waals surface area (Å²) in [5, 5.41) is 8.50. The van der Waals surface area contributed by atoms with Gasteiger partial charge in [0.25, 0.3) is 0 Å². The molecule has 0 atom stereocenters. The van der Waals surface area contributed by atoms with Crippen molar-refractivity contribution >= 4 is 11.6 Å². The third-order valence-corrected chi connectivity index (χ3v) is 3.15. The number of rotatable bonds is 4. The highest BCUT2D eigenvalue weighted by molar-refractivity contribution is 5.39. The average Bonchev–Trinajstić information content (AvgIpc) is 2.93. The lowest BCUT2D eigenvalue weighted by atomic mass is 10.2. The molecule has 0 amide bonds. The highest BCUT2D eigenvalue weighted by Crippen LogP contribution is 2.18. The lowest BCUT2D eigenvalue weighted by Gasteiger charge is -2.03. The predicted octanol–water partition coefficient (Wildman–Crippen LogP) is 4.66. The standard InChI is InChI=1S/C17H16N4/c1-14-6-5-9-16(12-14)19-20-17-18-10-11-21(17)13-15-7-3-2-4-8-15/h2-12H,13H2,1H3. The summed E-state index contributed by atoms with van der Waals surface area (Å²) in [5.74, 6) is 0.611. The third-order valence-electron chi connectivity index (χ3n) is 3.15. The number of benzene rings is 2. The molecule has 0 aliphatic rings. The maximum absolute atomic E-state index is 4.25. The maximum Gasteiger partial charge on any atom is 0.249 e. The van der Waals surface area contributed by atoms with E-state index in [0.29, 0.717) is 5.95 Å². The highest BCUT2D eigenvalue weighted by atomic mass is 15.3. The molecule has 4 heteroatoms. The van der Waals surface area contributed by atoms with E-state index in [1.54, 1.807) is 6.20 Å².